The highest BCUT2D eigenvalue weighted by atomic mass is 35.5. The van der Waals surface area contributed by atoms with Crippen LogP contribution in [0.15, 0.2) is 18.2 Å². The van der Waals surface area contributed by atoms with E-state index in [2.05, 4.69) is 4.90 Å². The van der Waals surface area contributed by atoms with Gasteiger partial charge in [0.1, 0.15) is 18.0 Å². The molecule has 1 saturated heterocycles. The number of aryl methyl sites for hydroxylation is 1. The van der Waals surface area contributed by atoms with E-state index in [9.17, 15) is 10.2 Å². The highest BCUT2D eigenvalue weighted by Crippen LogP contribution is 2.31. The number of β-amino-alcohol motifs (C(OH)–C–C–N with tert-alkyl or cyclic N) is 1. The summed E-state index contributed by atoms with van der Waals surface area (Å²) in [5.41, 5.74) is -0.201. The smallest absolute Gasteiger partial charge is 0.138 e. The first kappa shape index (κ1) is 19.0. The van der Waals surface area contributed by atoms with Crippen molar-refractivity contribution in [2.45, 2.75) is 69.6 Å². The molecule has 0 bridgehead atoms. The zero-order valence-corrected chi connectivity index (χ0v) is 15.8. The van der Waals surface area contributed by atoms with Crippen LogP contribution in [0.1, 0.15) is 50.5 Å². The molecule has 2 fully saturated rings. The van der Waals surface area contributed by atoms with Crippen LogP contribution >= 0.6 is 11.6 Å². The molecule has 2 aliphatic rings. The molecule has 0 unspecified atom stereocenters. The van der Waals surface area contributed by atoms with E-state index in [0.717, 1.165) is 12.1 Å². The normalized spacial score (nSPS) is 29.4. The van der Waals surface area contributed by atoms with E-state index in [4.69, 9.17) is 16.3 Å². The van der Waals surface area contributed by atoms with Crippen molar-refractivity contribution in [1.82, 2.24) is 4.90 Å². The number of hydrogen-bond acceptors (Lipinski definition) is 4. The van der Waals surface area contributed by atoms with E-state index in [1.165, 1.54) is 38.5 Å². The first-order valence-corrected chi connectivity index (χ1v) is 9.89. The summed E-state index contributed by atoms with van der Waals surface area (Å²) in [7, 11) is 0. The van der Waals surface area contributed by atoms with Crippen molar-refractivity contribution in [3.05, 3.63) is 28.8 Å². The van der Waals surface area contributed by atoms with E-state index in [1.54, 1.807) is 6.07 Å². The summed E-state index contributed by atoms with van der Waals surface area (Å²) >= 11 is 6.18. The summed E-state index contributed by atoms with van der Waals surface area (Å²) in [5, 5.41) is 22.0. The number of hydrogen-bond donors (Lipinski definition) is 2. The van der Waals surface area contributed by atoms with Gasteiger partial charge in [-0.05, 0) is 43.9 Å². The summed E-state index contributed by atoms with van der Waals surface area (Å²) in [6.45, 7) is 3.34. The quantitative estimate of drug-likeness (QED) is 0.799. The van der Waals surface area contributed by atoms with Crippen molar-refractivity contribution in [3.63, 3.8) is 0 Å². The topological polar surface area (TPSA) is 52.9 Å². The molecule has 1 saturated carbocycles. The fourth-order valence-corrected chi connectivity index (χ4v) is 4.27. The second-order valence-corrected chi connectivity index (χ2v) is 8.15. The molecule has 0 spiro atoms. The summed E-state index contributed by atoms with van der Waals surface area (Å²) < 4.78 is 5.82. The molecule has 1 heterocycles. The predicted octanol–water partition coefficient (Wildman–Crippen LogP) is 3.55. The molecule has 140 valence electrons. The minimum Gasteiger partial charge on any atom is -0.489 e. The summed E-state index contributed by atoms with van der Waals surface area (Å²) in [6, 6.07) is 6.10. The van der Waals surface area contributed by atoms with Crippen LogP contribution in [0.25, 0.3) is 0 Å². The lowest BCUT2D eigenvalue weighted by Crippen LogP contribution is -2.61. The molecule has 0 amide bonds. The van der Waals surface area contributed by atoms with Gasteiger partial charge in [-0.15, -0.1) is 0 Å². The Kier molecular flexibility index (Phi) is 6.26. The van der Waals surface area contributed by atoms with Crippen LogP contribution in [0, 0.1) is 6.92 Å². The monoisotopic (exact) mass is 367 g/mol. The Morgan fingerprint density at radius 1 is 1.20 bits per heavy atom. The molecule has 5 heteroatoms. The third-order valence-corrected chi connectivity index (χ3v) is 6.00. The Labute approximate surface area is 155 Å². The average molecular weight is 368 g/mol. The number of nitrogens with zero attached hydrogens (tertiary/aromatic N) is 1. The third kappa shape index (κ3) is 4.68. The van der Waals surface area contributed by atoms with Gasteiger partial charge in [-0.1, -0.05) is 43.4 Å². The van der Waals surface area contributed by atoms with E-state index in [0.29, 0.717) is 29.8 Å². The van der Waals surface area contributed by atoms with Gasteiger partial charge in [0.05, 0.1) is 11.1 Å². The minimum absolute atomic E-state index is 0.0561. The molecular weight excluding hydrogens is 338 g/mol. The van der Waals surface area contributed by atoms with Crippen molar-refractivity contribution >= 4 is 11.6 Å². The molecule has 25 heavy (non-hydrogen) atoms. The number of aliphatic hydroxyl groups excluding tert-OH is 1. The molecule has 2 atom stereocenters. The molecule has 2 N–H and O–H groups in total. The Bertz CT molecular complexity index is 574. The zero-order chi connectivity index (χ0) is 17.9. The standard InChI is InChI=1S/C20H30ClNO3/c1-15-8-9-17(21)18(12-15)25-14-20(24)13-22(11-10-19(20)23)16-6-4-2-3-5-7-16/h8-9,12,16,19,23-24H,2-7,10-11,13-14H2,1H3/t19-,20-/m0/s1. The van der Waals surface area contributed by atoms with Gasteiger partial charge in [0.2, 0.25) is 0 Å². The van der Waals surface area contributed by atoms with Crippen LogP contribution in [0.4, 0.5) is 0 Å². The zero-order valence-electron chi connectivity index (χ0n) is 15.1. The van der Waals surface area contributed by atoms with Crippen molar-refractivity contribution in [2.24, 2.45) is 0 Å². The summed E-state index contributed by atoms with van der Waals surface area (Å²) in [5.74, 6) is 0.564. The molecule has 1 aliphatic heterocycles. The van der Waals surface area contributed by atoms with Crippen LogP contribution in [0.5, 0.6) is 5.75 Å². The number of benzene rings is 1. The Morgan fingerprint density at radius 2 is 1.92 bits per heavy atom. The number of rotatable bonds is 4. The predicted molar refractivity (Wildman–Crippen MR) is 100 cm³/mol. The van der Waals surface area contributed by atoms with Crippen LogP contribution in [-0.4, -0.2) is 52.6 Å². The summed E-state index contributed by atoms with van der Waals surface area (Å²) in [6.07, 6.45) is 7.34. The second kappa shape index (κ2) is 8.26. The minimum atomic E-state index is -1.25. The molecule has 1 aromatic rings. The van der Waals surface area contributed by atoms with Gasteiger partial charge in [-0.2, -0.15) is 0 Å². The van der Waals surface area contributed by atoms with Crippen LogP contribution in [0.2, 0.25) is 5.02 Å². The Balaban J connectivity index is 1.66. The van der Waals surface area contributed by atoms with Crippen molar-refractivity contribution in [1.29, 1.82) is 0 Å². The molecule has 3 rings (SSSR count). The van der Waals surface area contributed by atoms with Gasteiger partial charge in [-0.3, -0.25) is 4.90 Å². The molecular formula is C20H30ClNO3. The maximum absolute atomic E-state index is 11.1. The Morgan fingerprint density at radius 3 is 2.64 bits per heavy atom. The van der Waals surface area contributed by atoms with Gasteiger partial charge in [0.25, 0.3) is 0 Å². The molecule has 0 aromatic heterocycles. The van der Waals surface area contributed by atoms with Crippen LogP contribution < -0.4 is 4.74 Å². The Hall–Kier alpha value is -0.810. The van der Waals surface area contributed by atoms with Gasteiger partial charge < -0.3 is 14.9 Å². The largest absolute Gasteiger partial charge is 0.489 e. The number of halogens is 1. The van der Waals surface area contributed by atoms with E-state index >= 15 is 0 Å². The van der Waals surface area contributed by atoms with Gasteiger partial charge >= 0.3 is 0 Å². The van der Waals surface area contributed by atoms with E-state index in [-0.39, 0.29) is 6.61 Å². The van der Waals surface area contributed by atoms with Crippen LogP contribution in [-0.2, 0) is 0 Å². The fraction of sp³-hybridized carbons (Fsp3) is 0.700. The van der Waals surface area contributed by atoms with Crippen molar-refractivity contribution in [3.8, 4) is 5.75 Å². The SMILES string of the molecule is Cc1ccc(Cl)c(OC[C@@]2(O)CN(C3CCCCCC3)CC[C@@H]2O)c1. The third-order valence-electron chi connectivity index (χ3n) is 5.69. The maximum Gasteiger partial charge on any atom is 0.138 e. The number of aliphatic hydroxyl groups is 2. The number of piperidine rings is 1. The highest BCUT2D eigenvalue weighted by molar-refractivity contribution is 6.32. The lowest BCUT2D eigenvalue weighted by atomic mass is 9.88. The summed E-state index contributed by atoms with van der Waals surface area (Å²) in [4.78, 5) is 2.36. The van der Waals surface area contributed by atoms with Gasteiger partial charge in [0, 0.05) is 19.1 Å². The molecule has 4 nitrogen and oxygen atoms in total. The van der Waals surface area contributed by atoms with Crippen LogP contribution in [0.3, 0.4) is 0 Å². The number of likely N-dealkylation sites (tertiary alicyclic amines) is 1. The number of ether oxygens (including phenoxy) is 1. The first-order chi connectivity index (χ1) is 12.0. The van der Waals surface area contributed by atoms with Gasteiger partial charge in [0.15, 0.2) is 0 Å². The first-order valence-electron chi connectivity index (χ1n) is 9.51. The van der Waals surface area contributed by atoms with E-state index in [1.807, 2.05) is 19.1 Å². The average Bonchev–Trinajstić information content (AvgIpc) is 2.88. The molecule has 1 aromatic carbocycles. The second-order valence-electron chi connectivity index (χ2n) is 7.75. The van der Waals surface area contributed by atoms with E-state index < -0.39 is 11.7 Å². The molecule has 0 radical (unpaired) electrons. The lowest BCUT2D eigenvalue weighted by molar-refractivity contribution is -0.145. The van der Waals surface area contributed by atoms with Crippen molar-refractivity contribution < 1.29 is 14.9 Å². The van der Waals surface area contributed by atoms with Gasteiger partial charge in [-0.25, -0.2) is 0 Å². The lowest BCUT2D eigenvalue weighted by Gasteiger charge is -2.45. The van der Waals surface area contributed by atoms with Crippen molar-refractivity contribution in [2.75, 3.05) is 19.7 Å². The fourth-order valence-electron chi connectivity index (χ4n) is 4.09. The maximum atomic E-state index is 11.1. The molecule has 1 aliphatic carbocycles. The highest BCUT2D eigenvalue weighted by Gasteiger charge is 2.43.